The van der Waals surface area contributed by atoms with Gasteiger partial charge in [-0.3, -0.25) is 4.79 Å². The monoisotopic (exact) mass is 209 g/mol. The van der Waals surface area contributed by atoms with Crippen LogP contribution in [0.5, 0.6) is 0 Å². The minimum absolute atomic E-state index is 0.279. The first-order chi connectivity index (χ1) is 7.06. The highest BCUT2D eigenvalue weighted by Crippen LogP contribution is 2.32. The number of nitrogens with two attached hydrogens (primary N) is 1. The minimum atomic E-state index is -0.752. The molecule has 0 spiro atoms. The molecule has 1 amide bonds. The summed E-state index contributed by atoms with van der Waals surface area (Å²) >= 11 is 0. The lowest BCUT2D eigenvalue weighted by atomic mass is 9.77. The van der Waals surface area contributed by atoms with E-state index in [1.165, 1.54) is 6.07 Å². The number of carbonyl (C=O) groups is 1. The zero-order valence-electron chi connectivity index (χ0n) is 8.42. The summed E-state index contributed by atoms with van der Waals surface area (Å²) in [4.78, 5) is 11.3. The maximum atomic E-state index is 13.1. The van der Waals surface area contributed by atoms with E-state index in [1.54, 1.807) is 19.1 Å². The van der Waals surface area contributed by atoms with Gasteiger partial charge in [0.2, 0.25) is 5.91 Å². The predicted octanol–water partition coefficient (Wildman–Crippen LogP) is 0.887. The lowest BCUT2D eigenvalue weighted by Crippen LogP contribution is -2.56. The lowest BCUT2D eigenvalue weighted by Gasteiger charge is -2.39. The molecule has 1 aliphatic rings. The summed E-state index contributed by atoms with van der Waals surface area (Å²) in [5.74, 6) is -0.696. The molecule has 1 aromatic carbocycles. The molecule has 4 heteroatoms. The zero-order chi connectivity index (χ0) is 11.1. The number of halogens is 1. The molecule has 0 unspecified atom stereocenters. The van der Waals surface area contributed by atoms with Crippen LogP contribution in [0.4, 0.5) is 4.39 Å². The van der Waals surface area contributed by atoms with Crippen molar-refractivity contribution < 1.29 is 13.9 Å². The topological polar surface area (TPSA) is 52.3 Å². The number of carbonyl (C=O) groups excluding carboxylic acids is 1. The van der Waals surface area contributed by atoms with E-state index in [-0.39, 0.29) is 19.0 Å². The van der Waals surface area contributed by atoms with Gasteiger partial charge in [0.1, 0.15) is 11.2 Å². The van der Waals surface area contributed by atoms with Gasteiger partial charge in [0.05, 0.1) is 13.2 Å². The number of amides is 1. The molecule has 2 rings (SSSR count). The quantitative estimate of drug-likeness (QED) is 0.786. The molecule has 0 atom stereocenters. The van der Waals surface area contributed by atoms with Gasteiger partial charge >= 0.3 is 0 Å². The molecular weight excluding hydrogens is 197 g/mol. The Morgan fingerprint density at radius 1 is 1.53 bits per heavy atom. The van der Waals surface area contributed by atoms with Crippen molar-refractivity contribution in [1.29, 1.82) is 0 Å². The zero-order valence-corrected chi connectivity index (χ0v) is 8.42. The van der Waals surface area contributed by atoms with Crippen molar-refractivity contribution in [2.75, 3.05) is 13.2 Å². The molecule has 3 nitrogen and oxygen atoms in total. The Bertz CT molecular complexity index is 413. The van der Waals surface area contributed by atoms with Gasteiger partial charge in [-0.15, -0.1) is 0 Å². The molecule has 15 heavy (non-hydrogen) atoms. The second kappa shape index (κ2) is 3.31. The molecule has 1 aliphatic heterocycles. The number of ether oxygens (including phenoxy) is 1. The highest BCUT2D eigenvalue weighted by molar-refractivity contribution is 5.88. The van der Waals surface area contributed by atoms with Crippen molar-refractivity contribution in [3.63, 3.8) is 0 Å². The first-order valence-corrected chi connectivity index (χ1v) is 4.70. The van der Waals surface area contributed by atoms with Crippen LogP contribution in [0.2, 0.25) is 0 Å². The molecule has 1 heterocycles. The number of primary amides is 1. The summed E-state index contributed by atoms with van der Waals surface area (Å²) < 4.78 is 18.1. The normalized spacial score (nSPS) is 18.3. The first-order valence-electron chi connectivity index (χ1n) is 4.70. The fourth-order valence-corrected chi connectivity index (χ4v) is 1.70. The summed E-state index contributed by atoms with van der Waals surface area (Å²) in [7, 11) is 0. The van der Waals surface area contributed by atoms with Gasteiger partial charge in [0, 0.05) is 0 Å². The van der Waals surface area contributed by atoms with Gasteiger partial charge in [0.25, 0.3) is 0 Å². The second-order valence-corrected chi connectivity index (χ2v) is 3.90. The van der Waals surface area contributed by atoms with E-state index in [2.05, 4.69) is 0 Å². The van der Waals surface area contributed by atoms with Crippen LogP contribution in [0, 0.1) is 12.7 Å². The minimum Gasteiger partial charge on any atom is -0.378 e. The molecule has 1 aromatic rings. The van der Waals surface area contributed by atoms with Crippen LogP contribution in [0.15, 0.2) is 18.2 Å². The summed E-state index contributed by atoms with van der Waals surface area (Å²) in [6.07, 6.45) is 0. The Morgan fingerprint density at radius 2 is 2.20 bits per heavy atom. The Hall–Kier alpha value is -1.42. The highest BCUT2D eigenvalue weighted by atomic mass is 19.1. The standard InChI is InChI=1S/C11H12FNO2/c1-7-4-8(2-3-9(7)12)11(10(13)14)5-15-6-11/h2-4H,5-6H2,1H3,(H2,13,14). The van der Waals surface area contributed by atoms with Crippen molar-refractivity contribution in [3.05, 3.63) is 35.1 Å². The van der Waals surface area contributed by atoms with Crippen molar-refractivity contribution in [2.45, 2.75) is 12.3 Å². The molecule has 80 valence electrons. The second-order valence-electron chi connectivity index (χ2n) is 3.90. The van der Waals surface area contributed by atoms with Crippen molar-refractivity contribution in [1.82, 2.24) is 0 Å². The van der Waals surface area contributed by atoms with E-state index in [1.807, 2.05) is 0 Å². The van der Waals surface area contributed by atoms with Crippen LogP contribution < -0.4 is 5.73 Å². The van der Waals surface area contributed by atoms with Gasteiger partial charge in [-0.2, -0.15) is 0 Å². The van der Waals surface area contributed by atoms with Gasteiger partial charge in [-0.05, 0) is 24.1 Å². The third-order valence-electron chi connectivity index (χ3n) is 2.88. The van der Waals surface area contributed by atoms with Crippen molar-refractivity contribution >= 4 is 5.91 Å². The van der Waals surface area contributed by atoms with E-state index in [9.17, 15) is 9.18 Å². The van der Waals surface area contributed by atoms with E-state index in [0.717, 1.165) is 5.56 Å². The SMILES string of the molecule is Cc1cc(C2(C(N)=O)COC2)ccc1F. The highest BCUT2D eigenvalue weighted by Gasteiger charge is 2.46. The average molecular weight is 209 g/mol. The fraction of sp³-hybridized carbons (Fsp3) is 0.364. The van der Waals surface area contributed by atoms with E-state index in [4.69, 9.17) is 10.5 Å². The third-order valence-corrected chi connectivity index (χ3v) is 2.88. The molecule has 1 saturated heterocycles. The predicted molar refractivity (Wildman–Crippen MR) is 52.8 cm³/mol. The number of hydrogen-bond acceptors (Lipinski definition) is 2. The van der Waals surface area contributed by atoms with Crippen molar-refractivity contribution in [3.8, 4) is 0 Å². The van der Waals surface area contributed by atoms with Gasteiger partial charge in [-0.25, -0.2) is 4.39 Å². The average Bonchev–Trinajstić information content (AvgIpc) is 2.08. The molecular formula is C11H12FNO2. The Labute approximate surface area is 87.0 Å². The summed E-state index contributed by atoms with van der Waals surface area (Å²) in [6, 6.07) is 4.60. The molecule has 1 fully saturated rings. The maximum Gasteiger partial charge on any atom is 0.232 e. The van der Waals surface area contributed by atoms with Gasteiger partial charge < -0.3 is 10.5 Å². The number of rotatable bonds is 2. The number of hydrogen-bond donors (Lipinski definition) is 1. The maximum absolute atomic E-state index is 13.1. The van der Waals surface area contributed by atoms with Crippen LogP contribution >= 0.6 is 0 Å². The third kappa shape index (κ3) is 1.41. The van der Waals surface area contributed by atoms with Crippen LogP contribution in [0.25, 0.3) is 0 Å². The van der Waals surface area contributed by atoms with E-state index < -0.39 is 11.3 Å². The largest absolute Gasteiger partial charge is 0.378 e. The van der Waals surface area contributed by atoms with Crippen LogP contribution in [-0.4, -0.2) is 19.1 Å². The summed E-state index contributed by atoms with van der Waals surface area (Å²) in [5.41, 5.74) is 5.84. The van der Waals surface area contributed by atoms with Crippen LogP contribution in [0.1, 0.15) is 11.1 Å². The van der Waals surface area contributed by atoms with E-state index >= 15 is 0 Å². The van der Waals surface area contributed by atoms with E-state index in [0.29, 0.717) is 5.56 Å². The summed E-state index contributed by atoms with van der Waals surface area (Å²) in [6.45, 7) is 2.23. The number of aryl methyl sites for hydroxylation is 1. The van der Waals surface area contributed by atoms with Crippen LogP contribution in [0.3, 0.4) is 0 Å². The molecule has 0 aromatic heterocycles. The van der Waals surface area contributed by atoms with Crippen molar-refractivity contribution in [2.24, 2.45) is 5.73 Å². The van der Waals surface area contributed by atoms with Crippen LogP contribution in [-0.2, 0) is 14.9 Å². The molecule has 0 saturated carbocycles. The summed E-state index contributed by atoms with van der Waals surface area (Å²) in [5, 5.41) is 0. The number of benzene rings is 1. The fourth-order valence-electron chi connectivity index (χ4n) is 1.70. The first kappa shape index (κ1) is 10.1. The Morgan fingerprint density at radius 3 is 2.60 bits per heavy atom. The molecule has 0 bridgehead atoms. The Balaban J connectivity index is 2.44. The smallest absolute Gasteiger partial charge is 0.232 e. The molecule has 0 radical (unpaired) electrons. The Kier molecular flexibility index (Phi) is 2.23. The molecule has 2 N–H and O–H groups in total. The van der Waals surface area contributed by atoms with Gasteiger partial charge in [0.15, 0.2) is 0 Å². The lowest BCUT2D eigenvalue weighted by molar-refractivity contribution is -0.141. The van der Waals surface area contributed by atoms with Gasteiger partial charge in [-0.1, -0.05) is 12.1 Å². The molecule has 0 aliphatic carbocycles.